The Balaban J connectivity index is 1.47. The first-order valence-corrected chi connectivity index (χ1v) is 7.34. The number of nitrogens with one attached hydrogen (secondary N) is 1. The first-order chi connectivity index (χ1) is 10.3. The molecule has 4 rings (SSSR count). The van der Waals surface area contributed by atoms with Gasteiger partial charge in [0.15, 0.2) is 5.69 Å². The van der Waals surface area contributed by atoms with Crippen LogP contribution in [0.5, 0.6) is 0 Å². The lowest BCUT2D eigenvalue weighted by Crippen LogP contribution is -2.43. The van der Waals surface area contributed by atoms with Gasteiger partial charge in [0.1, 0.15) is 6.26 Å². The minimum absolute atomic E-state index is 0.139. The first-order valence-electron chi connectivity index (χ1n) is 7.34. The Bertz CT molecular complexity index is 653. The van der Waals surface area contributed by atoms with Crippen molar-refractivity contribution >= 4 is 5.91 Å². The van der Waals surface area contributed by atoms with Gasteiger partial charge >= 0.3 is 0 Å². The Morgan fingerprint density at radius 1 is 1.29 bits per heavy atom. The summed E-state index contributed by atoms with van der Waals surface area (Å²) in [5.74, 6) is 0.937. The molecule has 3 atom stereocenters. The molecule has 5 nitrogen and oxygen atoms in total. The van der Waals surface area contributed by atoms with E-state index in [9.17, 15) is 4.79 Å². The van der Waals surface area contributed by atoms with Gasteiger partial charge in [0.2, 0.25) is 5.89 Å². The van der Waals surface area contributed by atoms with Crippen LogP contribution in [0.2, 0.25) is 0 Å². The van der Waals surface area contributed by atoms with Gasteiger partial charge in [0.25, 0.3) is 5.91 Å². The Hall–Kier alpha value is -2.14. The normalized spacial score (nSPS) is 27.0. The van der Waals surface area contributed by atoms with Crippen molar-refractivity contribution in [1.82, 2.24) is 15.2 Å². The second kappa shape index (κ2) is 5.00. The SMILES string of the molecule is O=C(NC1CN2CCC1C2)c1coc(-c2ccccc2)n1. The summed E-state index contributed by atoms with van der Waals surface area (Å²) >= 11 is 0. The number of benzene rings is 1. The van der Waals surface area contributed by atoms with Crippen LogP contribution in [-0.4, -0.2) is 41.5 Å². The third-order valence-corrected chi connectivity index (χ3v) is 4.41. The minimum atomic E-state index is -0.139. The van der Waals surface area contributed by atoms with Gasteiger partial charge in [-0.2, -0.15) is 0 Å². The van der Waals surface area contributed by atoms with Crippen molar-refractivity contribution in [1.29, 1.82) is 0 Å². The summed E-state index contributed by atoms with van der Waals surface area (Å²) in [6.45, 7) is 3.23. The highest BCUT2D eigenvalue weighted by atomic mass is 16.3. The minimum Gasteiger partial charge on any atom is -0.444 e. The molecule has 2 aromatic rings. The van der Waals surface area contributed by atoms with Crippen molar-refractivity contribution in [2.24, 2.45) is 5.92 Å². The molecule has 2 bridgehead atoms. The summed E-state index contributed by atoms with van der Waals surface area (Å²) in [7, 11) is 0. The van der Waals surface area contributed by atoms with Gasteiger partial charge in [-0.05, 0) is 31.0 Å². The topological polar surface area (TPSA) is 58.4 Å². The predicted molar refractivity (Wildman–Crippen MR) is 77.7 cm³/mol. The molecule has 0 saturated carbocycles. The van der Waals surface area contributed by atoms with Crippen molar-refractivity contribution < 1.29 is 9.21 Å². The lowest BCUT2D eigenvalue weighted by molar-refractivity contribution is 0.0919. The molecule has 0 aliphatic carbocycles. The molecule has 1 aromatic carbocycles. The number of nitrogens with zero attached hydrogens (tertiary/aromatic N) is 2. The molecule has 1 amide bonds. The fourth-order valence-electron chi connectivity index (χ4n) is 3.28. The van der Waals surface area contributed by atoms with Gasteiger partial charge in [0.05, 0.1) is 0 Å². The van der Waals surface area contributed by atoms with Gasteiger partial charge < -0.3 is 14.6 Å². The molecular weight excluding hydrogens is 266 g/mol. The zero-order valence-electron chi connectivity index (χ0n) is 11.7. The average molecular weight is 283 g/mol. The quantitative estimate of drug-likeness (QED) is 0.932. The number of carbonyl (C=O) groups excluding carboxylic acids is 1. The van der Waals surface area contributed by atoms with Crippen molar-refractivity contribution in [2.75, 3.05) is 19.6 Å². The number of piperidine rings is 1. The van der Waals surface area contributed by atoms with E-state index in [4.69, 9.17) is 4.42 Å². The van der Waals surface area contributed by atoms with Crippen LogP contribution in [0.3, 0.4) is 0 Å². The lowest BCUT2D eigenvalue weighted by atomic mass is 10.00. The molecule has 2 aliphatic rings. The standard InChI is InChI=1S/C16H17N3O2/c20-15(17-13-9-19-7-6-12(13)8-19)14-10-21-16(18-14)11-4-2-1-3-5-11/h1-5,10,12-13H,6-9H2,(H,17,20). The van der Waals surface area contributed by atoms with E-state index in [0.717, 1.165) is 18.7 Å². The summed E-state index contributed by atoms with van der Waals surface area (Å²) in [6, 6.07) is 9.85. The van der Waals surface area contributed by atoms with E-state index in [1.54, 1.807) is 0 Å². The highest BCUT2D eigenvalue weighted by molar-refractivity contribution is 5.92. The van der Waals surface area contributed by atoms with Crippen LogP contribution in [0, 0.1) is 5.92 Å². The highest BCUT2D eigenvalue weighted by Crippen LogP contribution is 2.28. The molecule has 5 heteroatoms. The fraction of sp³-hybridized carbons (Fsp3) is 0.375. The molecule has 21 heavy (non-hydrogen) atoms. The summed E-state index contributed by atoms with van der Waals surface area (Å²) < 4.78 is 5.42. The van der Waals surface area contributed by atoms with Crippen LogP contribution in [-0.2, 0) is 0 Å². The van der Waals surface area contributed by atoms with Crippen LogP contribution in [0.15, 0.2) is 41.0 Å². The van der Waals surface area contributed by atoms with E-state index in [-0.39, 0.29) is 11.9 Å². The Morgan fingerprint density at radius 3 is 2.86 bits per heavy atom. The fourth-order valence-corrected chi connectivity index (χ4v) is 3.28. The van der Waals surface area contributed by atoms with Gasteiger partial charge in [-0.1, -0.05) is 18.2 Å². The summed E-state index contributed by atoms with van der Waals surface area (Å²) in [5.41, 5.74) is 1.23. The number of amides is 1. The third-order valence-electron chi connectivity index (χ3n) is 4.41. The third kappa shape index (κ3) is 2.34. The van der Waals surface area contributed by atoms with Crippen LogP contribution < -0.4 is 5.32 Å². The average Bonchev–Trinajstić information content (AvgIpc) is 3.24. The second-order valence-corrected chi connectivity index (χ2v) is 5.79. The van der Waals surface area contributed by atoms with Crippen LogP contribution in [0.25, 0.3) is 11.5 Å². The number of oxazole rings is 1. The van der Waals surface area contributed by atoms with Gasteiger partial charge in [-0.15, -0.1) is 0 Å². The van der Waals surface area contributed by atoms with E-state index < -0.39 is 0 Å². The maximum absolute atomic E-state index is 12.3. The van der Waals surface area contributed by atoms with Crippen molar-refractivity contribution in [3.05, 3.63) is 42.3 Å². The smallest absolute Gasteiger partial charge is 0.273 e. The van der Waals surface area contributed by atoms with Gasteiger partial charge in [-0.3, -0.25) is 4.79 Å². The number of hydrogen-bond acceptors (Lipinski definition) is 4. The molecule has 2 aliphatic heterocycles. The van der Waals surface area contributed by atoms with E-state index in [2.05, 4.69) is 15.2 Å². The molecule has 1 N–H and O–H groups in total. The maximum Gasteiger partial charge on any atom is 0.273 e. The Morgan fingerprint density at radius 2 is 2.14 bits per heavy atom. The maximum atomic E-state index is 12.3. The Labute approximate surface area is 123 Å². The molecule has 2 saturated heterocycles. The van der Waals surface area contributed by atoms with Crippen LogP contribution in [0.1, 0.15) is 16.9 Å². The van der Waals surface area contributed by atoms with E-state index in [1.807, 2.05) is 30.3 Å². The number of aromatic nitrogens is 1. The van der Waals surface area contributed by atoms with Crippen LogP contribution in [0.4, 0.5) is 0 Å². The molecule has 108 valence electrons. The molecule has 1 aromatic heterocycles. The zero-order chi connectivity index (χ0) is 14.2. The first kappa shape index (κ1) is 12.6. The molecule has 2 fully saturated rings. The zero-order valence-corrected chi connectivity index (χ0v) is 11.7. The molecule has 3 heterocycles. The summed E-state index contributed by atoms with van der Waals surface area (Å²) in [5, 5.41) is 3.09. The second-order valence-electron chi connectivity index (χ2n) is 5.79. The molecular formula is C16H17N3O2. The van der Waals surface area contributed by atoms with Crippen molar-refractivity contribution in [3.8, 4) is 11.5 Å². The van der Waals surface area contributed by atoms with Crippen LogP contribution >= 0.6 is 0 Å². The summed E-state index contributed by atoms with van der Waals surface area (Å²) in [4.78, 5) is 19.0. The number of carbonyl (C=O) groups is 1. The number of rotatable bonds is 3. The number of hydrogen-bond donors (Lipinski definition) is 1. The van der Waals surface area contributed by atoms with Gasteiger partial charge in [0, 0.05) is 24.7 Å². The number of fused-ring (bicyclic) bond motifs is 2. The lowest BCUT2D eigenvalue weighted by Gasteiger charge is -2.22. The summed E-state index contributed by atoms with van der Waals surface area (Å²) in [6.07, 6.45) is 2.62. The predicted octanol–water partition coefficient (Wildman–Crippen LogP) is 1.78. The van der Waals surface area contributed by atoms with E-state index in [1.165, 1.54) is 19.2 Å². The largest absolute Gasteiger partial charge is 0.444 e. The van der Waals surface area contributed by atoms with Crippen molar-refractivity contribution in [2.45, 2.75) is 12.5 Å². The van der Waals surface area contributed by atoms with E-state index >= 15 is 0 Å². The molecule has 0 spiro atoms. The molecule has 3 unspecified atom stereocenters. The highest BCUT2D eigenvalue weighted by Gasteiger charge is 2.38. The van der Waals surface area contributed by atoms with Gasteiger partial charge in [-0.25, -0.2) is 4.98 Å². The monoisotopic (exact) mass is 283 g/mol. The van der Waals surface area contributed by atoms with E-state index in [0.29, 0.717) is 17.5 Å². The van der Waals surface area contributed by atoms with Crippen molar-refractivity contribution in [3.63, 3.8) is 0 Å². The molecule has 0 radical (unpaired) electrons. The Kier molecular flexibility index (Phi) is 3.00.